The van der Waals surface area contributed by atoms with Crippen LogP contribution in [0.2, 0.25) is 0 Å². The summed E-state index contributed by atoms with van der Waals surface area (Å²) in [7, 11) is 0. The highest BCUT2D eigenvalue weighted by Crippen LogP contribution is 2.34. The molecule has 1 saturated carbocycles. The van der Waals surface area contributed by atoms with Crippen molar-refractivity contribution < 1.29 is 8.78 Å². The highest BCUT2D eigenvalue weighted by atomic mass is 32.2. The summed E-state index contributed by atoms with van der Waals surface area (Å²) in [5.74, 6) is -0.698. The molecule has 2 rings (SSSR count). The Bertz CT molecular complexity index is 426. The second kappa shape index (κ2) is 5.78. The van der Waals surface area contributed by atoms with Crippen LogP contribution in [0.3, 0.4) is 0 Å². The van der Waals surface area contributed by atoms with Gasteiger partial charge in [0.05, 0.1) is 11.4 Å². The van der Waals surface area contributed by atoms with Crippen LogP contribution in [0, 0.1) is 11.6 Å². The van der Waals surface area contributed by atoms with E-state index in [0.29, 0.717) is 5.25 Å². The lowest BCUT2D eigenvalue weighted by atomic mass is 10.2. The molecule has 100 valence electrons. The molecule has 1 aromatic rings. The van der Waals surface area contributed by atoms with Gasteiger partial charge in [0.25, 0.3) is 0 Å². The molecule has 0 heterocycles. The third-order valence-corrected chi connectivity index (χ3v) is 4.62. The topological polar surface area (TPSA) is 38.0 Å². The summed E-state index contributed by atoms with van der Waals surface area (Å²) < 4.78 is 26.9. The zero-order chi connectivity index (χ0) is 13.1. The molecule has 0 amide bonds. The van der Waals surface area contributed by atoms with Crippen LogP contribution in [-0.2, 0) is 0 Å². The minimum atomic E-state index is -0.873. The number of thioether (sulfide) groups is 1. The Morgan fingerprint density at radius 1 is 1.39 bits per heavy atom. The van der Waals surface area contributed by atoms with Crippen molar-refractivity contribution in [2.24, 2.45) is 0 Å². The number of halogens is 2. The Kier molecular flexibility index (Phi) is 4.32. The standard InChI is InChI=1S/C13H18F2N2S/c1-2-18-11-5-3-4-10(11)17-13-9(16)7-6-8(14)12(13)15/h6-7,10-11,17H,2-5,16H2,1H3. The van der Waals surface area contributed by atoms with E-state index in [9.17, 15) is 8.78 Å². The van der Waals surface area contributed by atoms with Crippen molar-refractivity contribution in [3.63, 3.8) is 0 Å². The SMILES string of the molecule is CCSC1CCCC1Nc1c(N)ccc(F)c1F. The van der Waals surface area contributed by atoms with Gasteiger partial charge in [-0.3, -0.25) is 0 Å². The van der Waals surface area contributed by atoms with Crippen LogP contribution in [0.4, 0.5) is 20.2 Å². The molecule has 0 spiro atoms. The van der Waals surface area contributed by atoms with E-state index >= 15 is 0 Å². The van der Waals surface area contributed by atoms with Crippen LogP contribution in [0.1, 0.15) is 26.2 Å². The molecule has 0 radical (unpaired) electrons. The summed E-state index contributed by atoms with van der Waals surface area (Å²) in [6, 6.07) is 2.63. The van der Waals surface area contributed by atoms with Gasteiger partial charge in [0, 0.05) is 11.3 Å². The van der Waals surface area contributed by atoms with Crippen molar-refractivity contribution in [1.82, 2.24) is 0 Å². The fourth-order valence-electron chi connectivity index (χ4n) is 2.40. The Balaban J connectivity index is 2.16. The molecule has 0 aliphatic heterocycles. The molecule has 1 aliphatic rings. The van der Waals surface area contributed by atoms with Gasteiger partial charge in [0.15, 0.2) is 11.6 Å². The van der Waals surface area contributed by atoms with Gasteiger partial charge in [-0.25, -0.2) is 8.78 Å². The molecule has 1 aliphatic carbocycles. The van der Waals surface area contributed by atoms with E-state index in [0.717, 1.165) is 31.1 Å². The third-order valence-electron chi connectivity index (χ3n) is 3.29. The Morgan fingerprint density at radius 3 is 2.89 bits per heavy atom. The first-order valence-electron chi connectivity index (χ1n) is 6.25. The van der Waals surface area contributed by atoms with E-state index in [2.05, 4.69) is 12.2 Å². The van der Waals surface area contributed by atoms with Crippen LogP contribution in [-0.4, -0.2) is 17.0 Å². The van der Waals surface area contributed by atoms with Crippen LogP contribution in [0.5, 0.6) is 0 Å². The summed E-state index contributed by atoms with van der Waals surface area (Å²) in [5, 5.41) is 3.55. The summed E-state index contributed by atoms with van der Waals surface area (Å²) in [4.78, 5) is 0. The number of anilines is 2. The quantitative estimate of drug-likeness (QED) is 0.822. The second-order valence-corrected chi connectivity index (χ2v) is 6.02. The van der Waals surface area contributed by atoms with Gasteiger partial charge in [-0.05, 0) is 30.7 Å². The lowest BCUT2D eigenvalue weighted by Crippen LogP contribution is -2.27. The molecule has 3 N–H and O–H groups in total. The lowest BCUT2D eigenvalue weighted by Gasteiger charge is -2.22. The predicted molar refractivity (Wildman–Crippen MR) is 74.0 cm³/mol. The normalized spacial score (nSPS) is 23.3. The first-order chi connectivity index (χ1) is 8.63. The fourth-order valence-corrected chi connectivity index (χ4v) is 3.60. The first kappa shape index (κ1) is 13.5. The average Bonchev–Trinajstić information content (AvgIpc) is 2.78. The number of hydrogen-bond acceptors (Lipinski definition) is 3. The number of nitrogens with one attached hydrogen (secondary N) is 1. The van der Waals surface area contributed by atoms with Crippen LogP contribution in [0.25, 0.3) is 0 Å². The van der Waals surface area contributed by atoms with E-state index in [1.165, 1.54) is 6.07 Å². The van der Waals surface area contributed by atoms with E-state index in [-0.39, 0.29) is 17.4 Å². The van der Waals surface area contributed by atoms with Crippen molar-refractivity contribution in [3.05, 3.63) is 23.8 Å². The van der Waals surface area contributed by atoms with Gasteiger partial charge in [-0.15, -0.1) is 0 Å². The maximum atomic E-state index is 13.7. The van der Waals surface area contributed by atoms with Gasteiger partial charge in [-0.1, -0.05) is 13.3 Å². The minimum absolute atomic E-state index is 0.114. The highest BCUT2D eigenvalue weighted by Gasteiger charge is 2.28. The minimum Gasteiger partial charge on any atom is -0.397 e. The van der Waals surface area contributed by atoms with E-state index in [1.807, 2.05) is 11.8 Å². The first-order valence-corrected chi connectivity index (χ1v) is 7.30. The predicted octanol–water partition coefficient (Wildman–Crippen LogP) is 3.63. The summed E-state index contributed by atoms with van der Waals surface area (Å²) in [5.41, 5.74) is 6.09. The molecule has 2 atom stereocenters. The van der Waals surface area contributed by atoms with Crippen LogP contribution < -0.4 is 11.1 Å². The molecular weight excluding hydrogens is 254 g/mol. The van der Waals surface area contributed by atoms with E-state index in [1.54, 1.807) is 0 Å². The molecule has 1 fully saturated rings. The molecule has 18 heavy (non-hydrogen) atoms. The van der Waals surface area contributed by atoms with Crippen molar-refractivity contribution in [2.75, 3.05) is 16.8 Å². The zero-order valence-corrected chi connectivity index (χ0v) is 11.2. The van der Waals surface area contributed by atoms with Crippen LogP contribution >= 0.6 is 11.8 Å². The highest BCUT2D eigenvalue weighted by molar-refractivity contribution is 7.99. The lowest BCUT2D eigenvalue weighted by molar-refractivity contribution is 0.510. The fraction of sp³-hybridized carbons (Fsp3) is 0.538. The molecule has 5 heteroatoms. The zero-order valence-electron chi connectivity index (χ0n) is 10.4. The molecule has 0 aromatic heterocycles. The van der Waals surface area contributed by atoms with Crippen molar-refractivity contribution in [3.8, 4) is 0 Å². The molecule has 0 bridgehead atoms. The molecular formula is C13H18F2N2S. The summed E-state index contributed by atoms with van der Waals surface area (Å²) in [6.07, 6.45) is 3.21. The smallest absolute Gasteiger partial charge is 0.183 e. The number of hydrogen-bond donors (Lipinski definition) is 2. The van der Waals surface area contributed by atoms with Crippen LogP contribution in [0.15, 0.2) is 12.1 Å². The van der Waals surface area contributed by atoms with Gasteiger partial charge in [0.1, 0.15) is 0 Å². The Labute approximate surface area is 110 Å². The number of rotatable bonds is 4. The van der Waals surface area contributed by atoms with Gasteiger partial charge in [-0.2, -0.15) is 11.8 Å². The summed E-state index contributed by atoms with van der Waals surface area (Å²) >= 11 is 1.86. The van der Waals surface area contributed by atoms with E-state index < -0.39 is 11.6 Å². The van der Waals surface area contributed by atoms with Gasteiger partial charge >= 0.3 is 0 Å². The Morgan fingerprint density at radius 2 is 2.17 bits per heavy atom. The van der Waals surface area contributed by atoms with E-state index in [4.69, 9.17) is 5.73 Å². The largest absolute Gasteiger partial charge is 0.397 e. The molecule has 2 unspecified atom stereocenters. The summed E-state index contributed by atoms with van der Waals surface area (Å²) in [6.45, 7) is 2.11. The molecule has 2 nitrogen and oxygen atoms in total. The molecule has 0 saturated heterocycles. The molecule has 1 aromatic carbocycles. The average molecular weight is 272 g/mol. The maximum Gasteiger partial charge on any atom is 0.183 e. The Hall–Kier alpha value is -0.970. The monoisotopic (exact) mass is 272 g/mol. The van der Waals surface area contributed by atoms with Crippen molar-refractivity contribution >= 4 is 23.1 Å². The second-order valence-electron chi connectivity index (χ2n) is 4.50. The maximum absolute atomic E-state index is 13.7. The van der Waals surface area contributed by atoms with Gasteiger partial charge < -0.3 is 11.1 Å². The third kappa shape index (κ3) is 2.71. The number of nitrogen functional groups attached to an aromatic ring is 1. The van der Waals surface area contributed by atoms with Crippen molar-refractivity contribution in [2.45, 2.75) is 37.5 Å². The number of nitrogens with two attached hydrogens (primary N) is 1. The van der Waals surface area contributed by atoms with Gasteiger partial charge in [0.2, 0.25) is 0 Å². The van der Waals surface area contributed by atoms with Crippen molar-refractivity contribution in [1.29, 1.82) is 0 Å². The number of benzene rings is 1.